The van der Waals surface area contributed by atoms with Crippen LogP contribution in [0.3, 0.4) is 0 Å². The number of anilines is 1. The van der Waals surface area contributed by atoms with E-state index >= 15 is 0 Å². The summed E-state index contributed by atoms with van der Waals surface area (Å²) in [6.45, 7) is 3.51. The van der Waals surface area contributed by atoms with Gasteiger partial charge in [0.25, 0.3) is 0 Å². The SMILES string of the molecule is COc1ccc(-c2onc(NCC3CN(C)CCN3C)c2C(=O)O)cc1. The molecule has 8 heteroatoms. The molecule has 140 valence electrons. The minimum Gasteiger partial charge on any atom is -0.497 e. The Kier molecular flexibility index (Phi) is 5.43. The van der Waals surface area contributed by atoms with Gasteiger partial charge in [0.1, 0.15) is 5.75 Å². The van der Waals surface area contributed by atoms with Crippen molar-refractivity contribution in [2.45, 2.75) is 6.04 Å². The number of piperazine rings is 1. The Morgan fingerprint density at radius 1 is 1.35 bits per heavy atom. The van der Waals surface area contributed by atoms with Crippen LogP contribution in [0.4, 0.5) is 5.82 Å². The minimum absolute atomic E-state index is 0.0435. The van der Waals surface area contributed by atoms with Gasteiger partial charge in [0.05, 0.1) is 7.11 Å². The first kappa shape index (κ1) is 18.2. The number of hydrogen-bond acceptors (Lipinski definition) is 7. The van der Waals surface area contributed by atoms with Gasteiger partial charge in [-0.1, -0.05) is 5.16 Å². The van der Waals surface area contributed by atoms with Gasteiger partial charge in [-0.25, -0.2) is 4.79 Å². The predicted molar refractivity (Wildman–Crippen MR) is 97.9 cm³/mol. The molecule has 1 aromatic carbocycles. The van der Waals surface area contributed by atoms with E-state index < -0.39 is 5.97 Å². The number of carboxylic acids is 1. The highest BCUT2D eigenvalue weighted by Crippen LogP contribution is 2.30. The van der Waals surface area contributed by atoms with Crippen LogP contribution in [0.25, 0.3) is 11.3 Å². The maximum atomic E-state index is 11.8. The van der Waals surface area contributed by atoms with Crippen molar-refractivity contribution in [3.63, 3.8) is 0 Å². The molecule has 1 fully saturated rings. The molecule has 0 aliphatic carbocycles. The van der Waals surface area contributed by atoms with Crippen molar-refractivity contribution >= 4 is 11.8 Å². The van der Waals surface area contributed by atoms with Gasteiger partial charge in [0, 0.05) is 37.8 Å². The normalized spacial score (nSPS) is 18.7. The highest BCUT2D eigenvalue weighted by Gasteiger charge is 2.26. The summed E-state index contributed by atoms with van der Waals surface area (Å²) in [4.78, 5) is 16.3. The average Bonchev–Trinajstić information content (AvgIpc) is 3.07. The lowest BCUT2D eigenvalue weighted by atomic mass is 10.1. The number of ether oxygens (including phenoxy) is 1. The van der Waals surface area contributed by atoms with Crippen LogP contribution >= 0.6 is 0 Å². The van der Waals surface area contributed by atoms with Gasteiger partial charge in [-0.05, 0) is 38.4 Å². The topological polar surface area (TPSA) is 91.1 Å². The number of aromatic nitrogens is 1. The first-order valence-electron chi connectivity index (χ1n) is 8.49. The fourth-order valence-electron chi connectivity index (χ4n) is 3.08. The zero-order chi connectivity index (χ0) is 18.7. The smallest absolute Gasteiger partial charge is 0.343 e. The molecular weight excluding hydrogens is 336 g/mol. The molecule has 0 spiro atoms. The van der Waals surface area contributed by atoms with Crippen LogP contribution in [0.2, 0.25) is 0 Å². The van der Waals surface area contributed by atoms with Gasteiger partial charge >= 0.3 is 5.97 Å². The molecule has 1 atom stereocenters. The van der Waals surface area contributed by atoms with Gasteiger partial charge in [-0.3, -0.25) is 4.90 Å². The van der Waals surface area contributed by atoms with Crippen molar-refractivity contribution in [1.82, 2.24) is 15.0 Å². The number of hydrogen-bond donors (Lipinski definition) is 2. The van der Waals surface area contributed by atoms with Crippen LogP contribution in [-0.4, -0.2) is 79.5 Å². The quantitative estimate of drug-likeness (QED) is 0.804. The number of aromatic carboxylic acids is 1. The first-order chi connectivity index (χ1) is 12.5. The third-order valence-corrected chi connectivity index (χ3v) is 4.74. The molecule has 2 heterocycles. The van der Waals surface area contributed by atoms with E-state index in [1.165, 1.54) is 0 Å². The van der Waals surface area contributed by atoms with Crippen molar-refractivity contribution in [1.29, 1.82) is 0 Å². The second-order valence-electron chi connectivity index (χ2n) is 6.55. The molecule has 0 amide bonds. The molecule has 0 radical (unpaired) electrons. The van der Waals surface area contributed by atoms with E-state index in [1.807, 2.05) is 0 Å². The summed E-state index contributed by atoms with van der Waals surface area (Å²) in [7, 11) is 5.73. The number of rotatable bonds is 6. The van der Waals surface area contributed by atoms with E-state index in [-0.39, 0.29) is 23.2 Å². The van der Waals surface area contributed by atoms with Gasteiger partial charge in [0.2, 0.25) is 0 Å². The number of nitrogens with one attached hydrogen (secondary N) is 1. The van der Waals surface area contributed by atoms with Crippen LogP contribution in [0, 0.1) is 0 Å². The molecule has 1 unspecified atom stereocenters. The number of likely N-dealkylation sites (N-methyl/N-ethyl adjacent to an activating group) is 2. The Hall–Kier alpha value is -2.58. The van der Waals surface area contributed by atoms with E-state index in [0.29, 0.717) is 17.9 Å². The molecular formula is C18H24N4O4. The third kappa shape index (κ3) is 3.81. The maximum absolute atomic E-state index is 11.8. The molecule has 1 saturated heterocycles. The molecule has 3 rings (SSSR count). The van der Waals surface area contributed by atoms with Crippen molar-refractivity contribution < 1.29 is 19.2 Å². The summed E-state index contributed by atoms with van der Waals surface area (Å²) in [5.41, 5.74) is 0.681. The lowest BCUT2D eigenvalue weighted by molar-refractivity contribution is 0.0698. The summed E-state index contributed by atoms with van der Waals surface area (Å²) >= 11 is 0. The molecule has 1 aliphatic rings. The summed E-state index contributed by atoms with van der Waals surface area (Å²) in [6.07, 6.45) is 0. The highest BCUT2D eigenvalue weighted by molar-refractivity contribution is 5.99. The van der Waals surface area contributed by atoms with E-state index in [4.69, 9.17) is 9.26 Å². The summed E-state index contributed by atoms with van der Waals surface area (Å²) in [5.74, 6) is 0.100. The van der Waals surface area contributed by atoms with Gasteiger partial charge < -0.3 is 24.6 Å². The second-order valence-corrected chi connectivity index (χ2v) is 6.55. The van der Waals surface area contributed by atoms with E-state index in [1.54, 1.807) is 31.4 Å². The first-order valence-corrected chi connectivity index (χ1v) is 8.49. The van der Waals surface area contributed by atoms with Crippen molar-refractivity contribution in [2.24, 2.45) is 0 Å². The highest BCUT2D eigenvalue weighted by atomic mass is 16.5. The zero-order valence-electron chi connectivity index (χ0n) is 15.2. The molecule has 2 aromatic rings. The fraction of sp³-hybridized carbons (Fsp3) is 0.444. The Bertz CT molecular complexity index is 759. The summed E-state index contributed by atoms with van der Waals surface area (Å²) in [6, 6.07) is 7.28. The van der Waals surface area contributed by atoms with E-state index in [0.717, 1.165) is 19.6 Å². The Morgan fingerprint density at radius 2 is 2.08 bits per heavy atom. The maximum Gasteiger partial charge on any atom is 0.343 e. The number of methoxy groups -OCH3 is 1. The Balaban J connectivity index is 1.79. The average molecular weight is 360 g/mol. The van der Waals surface area contributed by atoms with Crippen LogP contribution < -0.4 is 10.1 Å². The van der Waals surface area contributed by atoms with Gasteiger partial charge in [0.15, 0.2) is 17.1 Å². The fourth-order valence-corrected chi connectivity index (χ4v) is 3.08. The number of nitrogens with zero attached hydrogens (tertiary/aromatic N) is 3. The van der Waals surface area contributed by atoms with E-state index in [2.05, 4.69) is 34.4 Å². The van der Waals surface area contributed by atoms with E-state index in [9.17, 15) is 9.90 Å². The van der Waals surface area contributed by atoms with Gasteiger partial charge in [-0.2, -0.15) is 0 Å². The van der Waals surface area contributed by atoms with Crippen molar-refractivity contribution in [3.05, 3.63) is 29.8 Å². The molecule has 1 aromatic heterocycles. The molecule has 1 aliphatic heterocycles. The molecule has 2 N–H and O–H groups in total. The molecule has 26 heavy (non-hydrogen) atoms. The van der Waals surface area contributed by atoms with Crippen LogP contribution in [-0.2, 0) is 0 Å². The Labute approximate surface area is 152 Å². The van der Waals surface area contributed by atoms with Crippen LogP contribution in [0.5, 0.6) is 5.75 Å². The molecule has 0 bridgehead atoms. The van der Waals surface area contributed by atoms with Gasteiger partial charge in [-0.15, -0.1) is 0 Å². The Morgan fingerprint density at radius 3 is 2.73 bits per heavy atom. The second kappa shape index (κ2) is 7.76. The summed E-state index contributed by atoms with van der Waals surface area (Å²) < 4.78 is 10.5. The third-order valence-electron chi connectivity index (χ3n) is 4.74. The monoisotopic (exact) mass is 360 g/mol. The summed E-state index contributed by atoms with van der Waals surface area (Å²) in [5, 5.41) is 16.7. The standard InChI is InChI=1S/C18H24N4O4/c1-21-8-9-22(2)13(11-21)10-19-17-15(18(23)24)16(26-20-17)12-4-6-14(25-3)7-5-12/h4-7,13H,8-11H2,1-3H3,(H,19,20)(H,23,24). The molecule has 8 nitrogen and oxygen atoms in total. The van der Waals surface area contributed by atoms with Crippen LogP contribution in [0.15, 0.2) is 28.8 Å². The lowest BCUT2D eigenvalue weighted by Crippen LogP contribution is -2.52. The zero-order valence-corrected chi connectivity index (χ0v) is 15.2. The number of carboxylic acid groups (broad SMARTS) is 1. The number of carbonyl (C=O) groups is 1. The molecule has 0 saturated carbocycles. The lowest BCUT2D eigenvalue weighted by Gasteiger charge is -2.37. The van der Waals surface area contributed by atoms with Crippen LogP contribution in [0.1, 0.15) is 10.4 Å². The van der Waals surface area contributed by atoms with Crippen molar-refractivity contribution in [3.8, 4) is 17.1 Å². The van der Waals surface area contributed by atoms with Crippen molar-refractivity contribution in [2.75, 3.05) is 52.7 Å². The largest absolute Gasteiger partial charge is 0.497 e. The minimum atomic E-state index is -1.08. The number of benzene rings is 1. The predicted octanol–water partition coefficient (Wildman–Crippen LogP) is 1.71.